The van der Waals surface area contributed by atoms with Gasteiger partial charge in [0.2, 0.25) is 0 Å². The zero-order valence-electron chi connectivity index (χ0n) is 38.2. The summed E-state index contributed by atoms with van der Waals surface area (Å²) in [6.45, 7) is 16.1. The average molecular weight is 833 g/mol. The maximum absolute atomic E-state index is 5.30. The molecule has 64 heavy (non-hydrogen) atoms. The molecule has 0 bridgehead atoms. The predicted octanol–water partition coefficient (Wildman–Crippen LogP) is 16.9. The largest absolute Gasteiger partial charge is 0.306 e. The van der Waals surface area contributed by atoms with Crippen LogP contribution in [0.2, 0.25) is 0 Å². The first kappa shape index (κ1) is 41.0. The molecule has 0 aliphatic carbocycles. The van der Waals surface area contributed by atoms with E-state index >= 15 is 0 Å². The van der Waals surface area contributed by atoms with Crippen molar-refractivity contribution in [1.29, 1.82) is 0 Å². The Kier molecular flexibility index (Phi) is 10.6. The molecule has 0 amide bonds. The minimum absolute atomic E-state index is 0.191. The molecular weight excluding hydrogens is 777 g/mol. The number of anilines is 6. The fourth-order valence-corrected chi connectivity index (χ4v) is 10.4. The van der Waals surface area contributed by atoms with Crippen molar-refractivity contribution in [2.24, 2.45) is 0 Å². The molecule has 0 N–H and O–H groups in total. The molecule has 0 radical (unpaired) electrons. The highest BCUT2D eigenvalue weighted by atomic mass is 15.3. The molecular formula is C60H56N4. The number of aromatic nitrogens is 2. The van der Waals surface area contributed by atoms with Crippen molar-refractivity contribution in [1.82, 2.24) is 9.97 Å². The second-order valence-electron chi connectivity index (χ2n) is 18.1. The van der Waals surface area contributed by atoms with Gasteiger partial charge >= 0.3 is 0 Å². The Morgan fingerprint density at radius 1 is 0.516 bits per heavy atom. The molecule has 9 aromatic rings. The molecule has 0 spiro atoms. The Morgan fingerprint density at radius 2 is 1.09 bits per heavy atom. The lowest BCUT2D eigenvalue weighted by atomic mass is 9.63. The summed E-state index contributed by atoms with van der Waals surface area (Å²) in [5.41, 5.74) is 18.7. The minimum atomic E-state index is -0.277. The second-order valence-corrected chi connectivity index (χ2v) is 18.1. The number of aryl methyl sites for hydroxylation is 4. The van der Waals surface area contributed by atoms with Gasteiger partial charge in [-0.1, -0.05) is 124 Å². The van der Waals surface area contributed by atoms with E-state index in [9.17, 15) is 0 Å². The van der Waals surface area contributed by atoms with Crippen molar-refractivity contribution in [2.45, 2.75) is 79.1 Å². The van der Waals surface area contributed by atoms with Gasteiger partial charge in [-0.3, -0.25) is 9.97 Å². The van der Waals surface area contributed by atoms with Gasteiger partial charge in [0, 0.05) is 45.7 Å². The standard InChI is InChI=1S/C60H56N4/c1-8-19-52(49-26-17-18-27-50(49)59-48-25-16-15-20-43(48)30-31-61-59)60(7,9-2)53-29-28-47(37-51(53)54-36-44-21-13-14-22-45(44)38-62-54)64-57-34-41(5)39(3)32-55(57)63(46-23-11-10-12-24-46)56-33-40(4)42(6)35-58(56)64/h10-18,20-38,52H,8-9,19H2,1-7H3/t52-,60+/m1/s1. The van der Waals surface area contributed by atoms with E-state index in [1.54, 1.807) is 0 Å². The molecule has 0 unspecified atom stereocenters. The molecule has 2 aromatic heterocycles. The normalized spacial score (nSPS) is 13.7. The molecule has 0 saturated heterocycles. The minimum Gasteiger partial charge on any atom is -0.306 e. The van der Waals surface area contributed by atoms with Gasteiger partial charge in [0.1, 0.15) is 0 Å². The first-order valence-corrected chi connectivity index (χ1v) is 23.0. The lowest BCUT2D eigenvalue weighted by Gasteiger charge is -2.43. The van der Waals surface area contributed by atoms with E-state index in [1.807, 2.05) is 6.20 Å². The van der Waals surface area contributed by atoms with Gasteiger partial charge in [0.25, 0.3) is 0 Å². The van der Waals surface area contributed by atoms with Gasteiger partial charge in [0.15, 0.2) is 0 Å². The van der Waals surface area contributed by atoms with E-state index in [0.29, 0.717) is 0 Å². The van der Waals surface area contributed by atoms with Crippen LogP contribution >= 0.6 is 0 Å². The smallest absolute Gasteiger partial charge is 0.0783 e. The topological polar surface area (TPSA) is 32.3 Å². The zero-order valence-corrected chi connectivity index (χ0v) is 38.2. The Labute approximate surface area is 378 Å². The average Bonchev–Trinajstić information content (AvgIpc) is 3.33. The van der Waals surface area contributed by atoms with Crippen LogP contribution < -0.4 is 9.80 Å². The van der Waals surface area contributed by atoms with Crippen LogP contribution in [0.5, 0.6) is 0 Å². The fourth-order valence-electron chi connectivity index (χ4n) is 10.4. The molecule has 10 rings (SSSR count). The number of fused-ring (bicyclic) bond motifs is 4. The van der Waals surface area contributed by atoms with E-state index < -0.39 is 0 Å². The van der Waals surface area contributed by atoms with Gasteiger partial charge in [-0.15, -0.1) is 0 Å². The summed E-state index contributed by atoms with van der Waals surface area (Å²) in [6, 6.07) is 58.3. The van der Waals surface area contributed by atoms with Gasteiger partial charge in [-0.25, -0.2) is 0 Å². The molecule has 1 aliphatic rings. The maximum Gasteiger partial charge on any atom is 0.0783 e. The number of rotatable bonds is 10. The fraction of sp³-hybridized carbons (Fsp3) is 0.200. The van der Waals surface area contributed by atoms with Crippen molar-refractivity contribution in [3.8, 4) is 22.5 Å². The quantitative estimate of drug-likeness (QED) is 0.137. The molecule has 3 heterocycles. The third-order valence-electron chi connectivity index (χ3n) is 14.3. The van der Waals surface area contributed by atoms with Gasteiger partial charge < -0.3 is 9.80 Å². The molecule has 4 heteroatoms. The zero-order chi connectivity index (χ0) is 44.1. The van der Waals surface area contributed by atoms with E-state index in [0.717, 1.165) is 64.3 Å². The van der Waals surface area contributed by atoms with E-state index in [1.165, 1.54) is 66.5 Å². The lowest BCUT2D eigenvalue weighted by Crippen LogP contribution is -2.31. The van der Waals surface area contributed by atoms with Gasteiger partial charge in [0.05, 0.1) is 34.1 Å². The van der Waals surface area contributed by atoms with Crippen LogP contribution in [-0.2, 0) is 5.41 Å². The summed E-state index contributed by atoms with van der Waals surface area (Å²) < 4.78 is 0. The number of benzene rings is 7. The molecule has 1 aliphatic heterocycles. The number of pyridine rings is 2. The Balaban J connectivity index is 1.22. The summed E-state index contributed by atoms with van der Waals surface area (Å²) in [5, 5.41) is 4.71. The molecule has 0 fully saturated rings. The number of hydrogen-bond donors (Lipinski definition) is 0. The first-order chi connectivity index (χ1) is 31.2. The third kappa shape index (κ3) is 6.93. The van der Waals surface area contributed by atoms with Gasteiger partial charge in [-0.05, 0) is 157 Å². The SMILES string of the molecule is CCC[C@H](c1ccccc1-c1nccc2ccccc12)[C@](C)(CC)c1ccc(N2c3cc(C)c(C)cc3N(c3ccccc3)c3cc(C)c(C)cc32)cc1-c1cc2ccccc2cn1. The van der Waals surface area contributed by atoms with Crippen LogP contribution in [0.25, 0.3) is 44.1 Å². The van der Waals surface area contributed by atoms with Crippen LogP contribution in [0, 0.1) is 27.7 Å². The molecule has 7 aromatic carbocycles. The summed E-state index contributed by atoms with van der Waals surface area (Å²) in [7, 11) is 0. The Morgan fingerprint density at radius 3 is 1.75 bits per heavy atom. The lowest BCUT2D eigenvalue weighted by molar-refractivity contribution is 0.344. The highest BCUT2D eigenvalue weighted by Gasteiger charge is 2.39. The van der Waals surface area contributed by atoms with Crippen LogP contribution in [-0.4, -0.2) is 9.97 Å². The number of hydrogen-bond acceptors (Lipinski definition) is 4. The van der Waals surface area contributed by atoms with E-state index in [-0.39, 0.29) is 11.3 Å². The van der Waals surface area contributed by atoms with E-state index in [4.69, 9.17) is 9.97 Å². The van der Waals surface area contributed by atoms with Crippen LogP contribution in [0.15, 0.2) is 170 Å². The summed E-state index contributed by atoms with van der Waals surface area (Å²) >= 11 is 0. The van der Waals surface area contributed by atoms with Crippen molar-refractivity contribution in [3.05, 3.63) is 203 Å². The number of nitrogens with zero attached hydrogens (tertiary/aromatic N) is 4. The third-order valence-corrected chi connectivity index (χ3v) is 14.3. The van der Waals surface area contributed by atoms with Crippen molar-refractivity contribution in [3.63, 3.8) is 0 Å². The summed E-state index contributed by atoms with van der Waals surface area (Å²) in [4.78, 5) is 15.3. The molecule has 0 saturated carbocycles. The molecule has 316 valence electrons. The highest BCUT2D eigenvalue weighted by Crippen LogP contribution is 2.57. The van der Waals surface area contributed by atoms with Crippen molar-refractivity contribution in [2.75, 3.05) is 9.80 Å². The van der Waals surface area contributed by atoms with Crippen LogP contribution in [0.3, 0.4) is 0 Å². The molecule has 4 nitrogen and oxygen atoms in total. The first-order valence-electron chi connectivity index (χ1n) is 23.0. The maximum atomic E-state index is 5.30. The molecule has 2 atom stereocenters. The van der Waals surface area contributed by atoms with Crippen LogP contribution in [0.4, 0.5) is 34.1 Å². The summed E-state index contributed by atoms with van der Waals surface area (Å²) in [6.07, 6.45) is 7.03. The monoisotopic (exact) mass is 832 g/mol. The second kappa shape index (κ2) is 16.6. The number of para-hydroxylation sites is 1. The van der Waals surface area contributed by atoms with Crippen molar-refractivity contribution < 1.29 is 0 Å². The Bertz CT molecular complexity index is 3140. The van der Waals surface area contributed by atoms with Gasteiger partial charge in [-0.2, -0.15) is 0 Å². The predicted molar refractivity (Wildman–Crippen MR) is 272 cm³/mol. The summed E-state index contributed by atoms with van der Waals surface area (Å²) in [5.74, 6) is 0.191. The van der Waals surface area contributed by atoms with Crippen molar-refractivity contribution >= 4 is 55.7 Å². The Hall–Kier alpha value is -7.04. The van der Waals surface area contributed by atoms with E-state index in [2.05, 4.69) is 222 Å². The van der Waals surface area contributed by atoms with Crippen LogP contribution in [0.1, 0.15) is 79.3 Å². The highest BCUT2D eigenvalue weighted by molar-refractivity contribution is 6.03.